The standard InChI is InChI=1S/C8H6Cl2N4/c1-5-6(9)4-14(13-5)8-7(10)11-2-3-12-8/h2-4H,1H3. The van der Waals surface area contributed by atoms with Gasteiger partial charge in [0.1, 0.15) is 0 Å². The van der Waals surface area contributed by atoms with Crippen LogP contribution >= 0.6 is 23.2 Å². The molecule has 0 fully saturated rings. The fourth-order valence-corrected chi connectivity index (χ4v) is 1.34. The number of aryl methyl sites for hydroxylation is 1. The minimum atomic E-state index is 0.298. The van der Waals surface area contributed by atoms with Crippen LogP contribution in [0.25, 0.3) is 5.82 Å². The Morgan fingerprint density at radius 3 is 2.50 bits per heavy atom. The molecule has 6 heteroatoms. The molecule has 0 aliphatic heterocycles. The molecule has 2 rings (SSSR count). The van der Waals surface area contributed by atoms with Gasteiger partial charge < -0.3 is 0 Å². The molecule has 14 heavy (non-hydrogen) atoms. The SMILES string of the molecule is Cc1nn(-c2nccnc2Cl)cc1Cl. The summed E-state index contributed by atoms with van der Waals surface area (Å²) in [5.74, 6) is 0.476. The zero-order chi connectivity index (χ0) is 10.1. The van der Waals surface area contributed by atoms with Crippen LogP contribution < -0.4 is 0 Å². The molecular weight excluding hydrogens is 223 g/mol. The first-order valence-corrected chi connectivity index (χ1v) is 4.62. The highest BCUT2D eigenvalue weighted by Gasteiger charge is 2.08. The minimum absolute atomic E-state index is 0.298. The summed E-state index contributed by atoms with van der Waals surface area (Å²) in [4.78, 5) is 7.94. The van der Waals surface area contributed by atoms with Crippen molar-refractivity contribution in [1.29, 1.82) is 0 Å². The summed E-state index contributed by atoms with van der Waals surface area (Å²) in [7, 11) is 0. The van der Waals surface area contributed by atoms with Crippen LogP contribution in [0.15, 0.2) is 18.6 Å². The summed E-state index contributed by atoms with van der Waals surface area (Å²) in [6, 6.07) is 0. The summed E-state index contributed by atoms with van der Waals surface area (Å²) in [5.41, 5.74) is 0.730. The first-order valence-electron chi connectivity index (χ1n) is 3.87. The van der Waals surface area contributed by atoms with Crippen molar-refractivity contribution in [3.63, 3.8) is 0 Å². The van der Waals surface area contributed by atoms with E-state index in [1.807, 2.05) is 6.92 Å². The van der Waals surface area contributed by atoms with Crippen molar-refractivity contribution >= 4 is 23.2 Å². The molecule has 72 valence electrons. The average molecular weight is 229 g/mol. The summed E-state index contributed by atoms with van der Waals surface area (Å²) >= 11 is 11.7. The van der Waals surface area contributed by atoms with Gasteiger partial charge in [-0.15, -0.1) is 0 Å². The van der Waals surface area contributed by atoms with Crippen molar-refractivity contribution in [2.75, 3.05) is 0 Å². The smallest absolute Gasteiger partial charge is 0.191 e. The molecule has 2 aromatic rings. The average Bonchev–Trinajstić information content (AvgIpc) is 2.48. The van der Waals surface area contributed by atoms with E-state index in [-0.39, 0.29) is 0 Å². The highest BCUT2D eigenvalue weighted by Crippen LogP contribution is 2.18. The van der Waals surface area contributed by atoms with E-state index in [0.717, 1.165) is 5.69 Å². The van der Waals surface area contributed by atoms with E-state index in [0.29, 0.717) is 16.0 Å². The van der Waals surface area contributed by atoms with Crippen LogP contribution in [-0.2, 0) is 0 Å². The Morgan fingerprint density at radius 1 is 1.21 bits per heavy atom. The van der Waals surface area contributed by atoms with Crippen molar-refractivity contribution in [1.82, 2.24) is 19.7 Å². The maximum Gasteiger partial charge on any atom is 0.191 e. The molecule has 0 unspecified atom stereocenters. The second-order valence-electron chi connectivity index (χ2n) is 2.68. The van der Waals surface area contributed by atoms with Gasteiger partial charge in [0.25, 0.3) is 0 Å². The third kappa shape index (κ3) is 1.58. The van der Waals surface area contributed by atoms with Gasteiger partial charge in [-0.2, -0.15) is 5.10 Å². The van der Waals surface area contributed by atoms with Gasteiger partial charge in [-0.05, 0) is 6.92 Å². The maximum absolute atomic E-state index is 5.86. The molecule has 0 aromatic carbocycles. The molecule has 0 aliphatic carbocycles. The summed E-state index contributed by atoms with van der Waals surface area (Å²) in [6.45, 7) is 1.81. The third-order valence-electron chi connectivity index (χ3n) is 1.69. The molecule has 0 spiro atoms. The van der Waals surface area contributed by atoms with Gasteiger partial charge in [-0.3, -0.25) is 0 Å². The predicted octanol–water partition coefficient (Wildman–Crippen LogP) is 2.28. The Labute approximate surface area is 90.5 Å². The van der Waals surface area contributed by atoms with Crippen molar-refractivity contribution in [3.05, 3.63) is 34.5 Å². The van der Waals surface area contributed by atoms with Crippen LogP contribution in [0, 0.1) is 6.92 Å². The minimum Gasteiger partial charge on any atom is -0.239 e. The molecule has 2 heterocycles. The van der Waals surface area contributed by atoms with Crippen LogP contribution in [0.4, 0.5) is 0 Å². The van der Waals surface area contributed by atoms with Crippen molar-refractivity contribution in [3.8, 4) is 5.82 Å². The maximum atomic E-state index is 5.86. The van der Waals surface area contributed by atoms with Crippen LogP contribution in [0.1, 0.15) is 5.69 Å². The van der Waals surface area contributed by atoms with Gasteiger partial charge in [-0.25, -0.2) is 14.6 Å². The van der Waals surface area contributed by atoms with Crippen LogP contribution in [0.3, 0.4) is 0 Å². The first kappa shape index (κ1) is 9.43. The lowest BCUT2D eigenvalue weighted by molar-refractivity contribution is 0.824. The number of nitrogens with zero attached hydrogens (tertiary/aromatic N) is 4. The van der Waals surface area contributed by atoms with E-state index in [4.69, 9.17) is 23.2 Å². The van der Waals surface area contributed by atoms with Gasteiger partial charge in [0, 0.05) is 12.4 Å². The Balaban J connectivity index is 2.55. The van der Waals surface area contributed by atoms with Gasteiger partial charge in [0.05, 0.1) is 16.9 Å². The molecule has 0 N–H and O–H groups in total. The molecule has 0 saturated heterocycles. The number of halogens is 2. The topological polar surface area (TPSA) is 43.6 Å². The Hall–Kier alpha value is -1.13. The predicted molar refractivity (Wildman–Crippen MR) is 53.9 cm³/mol. The quantitative estimate of drug-likeness (QED) is 0.753. The fourth-order valence-electron chi connectivity index (χ4n) is 1.01. The van der Waals surface area contributed by atoms with E-state index >= 15 is 0 Å². The van der Waals surface area contributed by atoms with E-state index in [2.05, 4.69) is 15.1 Å². The highest BCUT2D eigenvalue weighted by molar-refractivity contribution is 6.31. The lowest BCUT2D eigenvalue weighted by Crippen LogP contribution is -2.00. The van der Waals surface area contributed by atoms with Crippen molar-refractivity contribution < 1.29 is 0 Å². The molecule has 0 atom stereocenters. The van der Waals surface area contributed by atoms with E-state index in [1.165, 1.54) is 10.9 Å². The lowest BCUT2D eigenvalue weighted by Gasteiger charge is -1.99. The molecule has 0 bridgehead atoms. The molecule has 4 nitrogen and oxygen atoms in total. The zero-order valence-electron chi connectivity index (χ0n) is 7.28. The molecule has 0 saturated carbocycles. The summed E-state index contributed by atoms with van der Waals surface area (Å²) < 4.78 is 1.51. The Kier molecular flexibility index (Phi) is 2.39. The van der Waals surface area contributed by atoms with E-state index in [1.54, 1.807) is 12.4 Å². The van der Waals surface area contributed by atoms with Crippen LogP contribution in [-0.4, -0.2) is 19.7 Å². The fraction of sp³-hybridized carbons (Fsp3) is 0.125. The molecule has 2 aromatic heterocycles. The zero-order valence-corrected chi connectivity index (χ0v) is 8.79. The first-order chi connectivity index (χ1) is 6.68. The van der Waals surface area contributed by atoms with Crippen molar-refractivity contribution in [2.24, 2.45) is 0 Å². The number of hydrogen-bond donors (Lipinski definition) is 0. The van der Waals surface area contributed by atoms with Gasteiger partial charge >= 0.3 is 0 Å². The summed E-state index contributed by atoms with van der Waals surface area (Å²) in [5, 5.41) is 5.01. The highest BCUT2D eigenvalue weighted by atomic mass is 35.5. The normalized spacial score (nSPS) is 10.5. The second kappa shape index (κ2) is 3.55. The summed E-state index contributed by atoms with van der Waals surface area (Å²) in [6.07, 6.45) is 4.71. The number of aromatic nitrogens is 4. The monoisotopic (exact) mass is 228 g/mol. The third-order valence-corrected chi connectivity index (χ3v) is 2.33. The van der Waals surface area contributed by atoms with E-state index in [9.17, 15) is 0 Å². The molecule has 0 amide bonds. The lowest BCUT2D eigenvalue weighted by atomic mass is 10.5. The van der Waals surface area contributed by atoms with E-state index < -0.39 is 0 Å². The molecular formula is C8H6Cl2N4. The second-order valence-corrected chi connectivity index (χ2v) is 3.44. The number of rotatable bonds is 1. The van der Waals surface area contributed by atoms with Gasteiger partial charge in [0.2, 0.25) is 0 Å². The Bertz CT molecular complexity index is 447. The van der Waals surface area contributed by atoms with Gasteiger partial charge in [0.15, 0.2) is 11.0 Å². The number of hydrogen-bond acceptors (Lipinski definition) is 3. The van der Waals surface area contributed by atoms with Crippen molar-refractivity contribution in [2.45, 2.75) is 6.92 Å². The molecule has 0 radical (unpaired) electrons. The van der Waals surface area contributed by atoms with Crippen LogP contribution in [0.5, 0.6) is 0 Å². The molecule has 0 aliphatic rings. The Morgan fingerprint density at radius 2 is 1.93 bits per heavy atom. The van der Waals surface area contributed by atoms with Crippen LogP contribution in [0.2, 0.25) is 10.2 Å². The van der Waals surface area contributed by atoms with Gasteiger partial charge in [-0.1, -0.05) is 23.2 Å². The largest absolute Gasteiger partial charge is 0.239 e.